The number of carbonyl (C=O) groups is 3. The number of nitrogens with zero attached hydrogens (tertiary/aromatic N) is 2. The molecule has 2 amide bonds. The highest BCUT2D eigenvalue weighted by Gasteiger charge is 2.46. The Bertz CT molecular complexity index is 2570. The van der Waals surface area contributed by atoms with Crippen LogP contribution in [0.2, 0.25) is 0 Å². The molecule has 0 radical (unpaired) electrons. The van der Waals surface area contributed by atoms with Gasteiger partial charge in [0.15, 0.2) is 5.71 Å². The van der Waals surface area contributed by atoms with Gasteiger partial charge in [-0.3, -0.25) is 23.5 Å². The van der Waals surface area contributed by atoms with E-state index in [1.165, 1.54) is 24.3 Å². The lowest BCUT2D eigenvalue weighted by molar-refractivity contribution is -0.438. The van der Waals surface area contributed by atoms with Crippen molar-refractivity contribution in [3.8, 4) is 0 Å². The molecule has 20 heteroatoms. The molecule has 0 spiro atoms. The number of allylic oxidation sites excluding steroid dienone is 4. The van der Waals surface area contributed by atoms with E-state index in [1.807, 2.05) is 43.9 Å². The van der Waals surface area contributed by atoms with Crippen LogP contribution in [0.5, 0.6) is 0 Å². The number of nitrogens with one attached hydrogen (secondary N) is 2. The second kappa shape index (κ2) is 22.1. The Morgan fingerprint density at radius 3 is 2.08 bits per heavy atom. The van der Waals surface area contributed by atoms with E-state index in [0.717, 1.165) is 17.8 Å². The van der Waals surface area contributed by atoms with Gasteiger partial charge in [-0.15, -0.1) is 0 Å². The third-order valence-electron chi connectivity index (χ3n) is 13.0. The van der Waals surface area contributed by atoms with E-state index >= 15 is 0 Å². The lowest BCUT2D eigenvalue weighted by atomic mass is 9.77. The van der Waals surface area contributed by atoms with E-state index in [0.29, 0.717) is 106 Å². The highest BCUT2D eigenvalue weighted by molar-refractivity contribution is 7.86. The molecule has 2 unspecified atom stereocenters. The zero-order valence-corrected chi connectivity index (χ0v) is 40.4. The molecule has 0 saturated carbocycles. The second-order valence-corrected chi connectivity index (χ2v) is 22.7. The minimum atomic E-state index is -4.77. The molecule has 3 aliphatic heterocycles. The van der Waals surface area contributed by atoms with Crippen molar-refractivity contribution in [3.63, 3.8) is 0 Å². The zero-order valence-electron chi connectivity index (χ0n) is 38.0. The molecule has 17 nitrogen and oxygen atoms in total. The van der Waals surface area contributed by atoms with Gasteiger partial charge in [0.05, 0.1) is 21.0 Å². The van der Waals surface area contributed by atoms with Crippen molar-refractivity contribution in [1.29, 1.82) is 0 Å². The van der Waals surface area contributed by atoms with Crippen molar-refractivity contribution >= 4 is 65.2 Å². The van der Waals surface area contributed by atoms with E-state index < -0.39 is 52.9 Å². The van der Waals surface area contributed by atoms with Gasteiger partial charge < -0.3 is 25.2 Å². The van der Waals surface area contributed by atoms with Crippen LogP contribution in [0, 0.1) is 5.92 Å². The summed E-state index contributed by atoms with van der Waals surface area (Å²) in [6, 6.07) is 8.60. The highest BCUT2D eigenvalue weighted by atomic mass is 32.2. The van der Waals surface area contributed by atoms with Gasteiger partial charge in [-0.2, -0.15) is 21.4 Å². The Kier molecular flexibility index (Phi) is 17.6. The van der Waals surface area contributed by atoms with Gasteiger partial charge in [0.1, 0.15) is 16.7 Å². The minimum Gasteiger partial charge on any atom is -0.744 e. The summed E-state index contributed by atoms with van der Waals surface area (Å²) >= 11 is 0. The summed E-state index contributed by atoms with van der Waals surface area (Å²) in [5.74, 6) is -1.70. The highest BCUT2D eigenvalue weighted by Crippen LogP contribution is 2.51. The standard InChI is InChI=1S/C46H64N4O13S3/c1-45(2)36-29-34(65(58,59)60)21-23-38(36)49-26-12-6-9-19-43(52)48-32-33(15-7-4-10-20-44(53)54)31-47-42(51)18-8-5-11-25-46(3)37-30-35(66(61,62)63)22-24-39(37)50(27-14-28-64(55,56)57)41(46)17-13-16-40(45)49/h13,16-17,21-24,29-30,33H,4-12,14-15,18-20,25-28,31-32H2,1-3H3,(H5-,47,48,51,52,53,54,55,56,57,58,59,60,61,62,63). The SMILES string of the molecule is CC1(C)C2=[N+](CCCCCC(=O)NCC(CCCCCC(=O)O)CNC(=O)CCCCCC3(C)/C(=C/C=C/2)N(CCCS(=O)(=O)O)c2ccc(S(=O)(=O)O)cc23)c2ccc(S(=O)(=O)[O-])cc21. The normalized spacial score (nSPS) is 23.0. The van der Waals surface area contributed by atoms with Gasteiger partial charge in [0.25, 0.3) is 20.2 Å². The van der Waals surface area contributed by atoms with Crippen LogP contribution >= 0.6 is 0 Å². The number of unbranched alkanes of at least 4 members (excludes halogenated alkanes) is 2. The molecule has 0 fully saturated rings. The smallest absolute Gasteiger partial charge is 0.303 e. The maximum Gasteiger partial charge on any atom is 0.303 e. The lowest BCUT2D eigenvalue weighted by Crippen LogP contribution is -2.36. The molecule has 3 aliphatic rings. The molecular weight excluding hydrogens is 913 g/mol. The van der Waals surface area contributed by atoms with Gasteiger partial charge >= 0.3 is 5.97 Å². The molecule has 2 aromatic rings. The van der Waals surface area contributed by atoms with Crippen LogP contribution in [-0.4, -0.2) is 104 Å². The fourth-order valence-corrected chi connectivity index (χ4v) is 10.9. The second-order valence-electron chi connectivity index (χ2n) is 18.3. The first kappa shape index (κ1) is 52.5. The third kappa shape index (κ3) is 13.8. The molecule has 5 rings (SSSR count). The molecule has 0 bridgehead atoms. The number of amides is 2. The van der Waals surface area contributed by atoms with Crippen LogP contribution in [0.3, 0.4) is 0 Å². The Morgan fingerprint density at radius 2 is 1.45 bits per heavy atom. The van der Waals surface area contributed by atoms with E-state index in [9.17, 15) is 53.3 Å². The van der Waals surface area contributed by atoms with E-state index in [-0.39, 0.29) is 59.8 Å². The van der Waals surface area contributed by atoms with Crippen molar-refractivity contribution in [1.82, 2.24) is 10.6 Å². The maximum atomic E-state index is 13.1. The first-order valence-electron chi connectivity index (χ1n) is 22.7. The summed E-state index contributed by atoms with van der Waals surface area (Å²) in [7, 11) is -13.7. The number of aliphatic carboxylic acids is 1. The number of fused-ring (bicyclic) bond motifs is 5. The van der Waals surface area contributed by atoms with Crippen LogP contribution < -0.4 is 15.5 Å². The number of carboxylic acids is 1. The molecule has 0 aromatic heterocycles. The van der Waals surface area contributed by atoms with Crippen LogP contribution in [0.1, 0.15) is 128 Å². The summed E-state index contributed by atoms with van der Waals surface area (Å²) in [4.78, 5) is 38.3. The molecular formula is C46H64N4O13S3. The molecule has 0 aliphatic carbocycles. The maximum absolute atomic E-state index is 13.1. The Morgan fingerprint density at radius 1 is 0.818 bits per heavy atom. The number of rotatable bonds is 12. The van der Waals surface area contributed by atoms with Crippen LogP contribution in [0.15, 0.2) is 70.1 Å². The number of hydrogen-bond acceptors (Lipinski definition) is 11. The van der Waals surface area contributed by atoms with Gasteiger partial charge in [-0.05, 0) is 114 Å². The average Bonchev–Trinajstić information content (AvgIpc) is 3.58. The molecule has 0 saturated heterocycles. The number of benzene rings is 2. The molecule has 2 atom stereocenters. The summed E-state index contributed by atoms with van der Waals surface area (Å²) in [6.45, 7) is 7.11. The Balaban J connectivity index is 1.54. The third-order valence-corrected chi connectivity index (χ3v) is 15.5. The van der Waals surface area contributed by atoms with Gasteiger partial charge in [0.2, 0.25) is 17.5 Å². The largest absolute Gasteiger partial charge is 0.744 e. The predicted molar refractivity (Wildman–Crippen MR) is 248 cm³/mol. The zero-order chi connectivity index (χ0) is 48.5. The van der Waals surface area contributed by atoms with Crippen molar-refractivity contribution in [2.45, 2.75) is 138 Å². The number of carboxylic acid groups (broad SMARTS) is 1. The van der Waals surface area contributed by atoms with Crippen molar-refractivity contribution in [2.75, 3.05) is 36.8 Å². The summed E-state index contributed by atoms with van der Waals surface area (Å²) in [5.41, 5.74) is 2.32. The van der Waals surface area contributed by atoms with Crippen LogP contribution in [0.4, 0.5) is 11.4 Å². The quantitative estimate of drug-likeness (QED) is 0.0912. The van der Waals surface area contributed by atoms with Crippen LogP contribution in [-0.2, 0) is 55.6 Å². The first-order valence-corrected chi connectivity index (χ1v) is 27.1. The first-order chi connectivity index (χ1) is 30.9. The average molecular weight is 977 g/mol. The Labute approximate surface area is 389 Å². The minimum absolute atomic E-state index is 0.0241. The summed E-state index contributed by atoms with van der Waals surface area (Å²) < 4.78 is 107. The molecule has 3 heterocycles. The summed E-state index contributed by atoms with van der Waals surface area (Å²) in [5, 5.41) is 15.1. The Hall–Kier alpha value is -4.47. The van der Waals surface area contributed by atoms with Crippen molar-refractivity contribution < 1.29 is 63.0 Å². The lowest BCUT2D eigenvalue weighted by Gasteiger charge is -2.30. The van der Waals surface area contributed by atoms with E-state index in [4.69, 9.17) is 5.11 Å². The van der Waals surface area contributed by atoms with Crippen molar-refractivity contribution in [2.24, 2.45) is 5.92 Å². The number of hydrogen-bond donors (Lipinski definition) is 5. The van der Waals surface area contributed by atoms with E-state index in [1.54, 1.807) is 12.1 Å². The van der Waals surface area contributed by atoms with Gasteiger partial charge in [-0.1, -0.05) is 31.8 Å². The van der Waals surface area contributed by atoms with Crippen molar-refractivity contribution in [3.05, 3.63) is 71.5 Å². The summed E-state index contributed by atoms with van der Waals surface area (Å²) in [6.07, 6.45) is 13.0. The topological polar surface area (TPSA) is 268 Å². The molecule has 364 valence electrons. The molecule has 2 aromatic carbocycles. The van der Waals surface area contributed by atoms with Gasteiger partial charge in [-0.25, -0.2) is 8.42 Å². The molecule has 5 N–H and O–H groups in total. The van der Waals surface area contributed by atoms with E-state index in [2.05, 4.69) is 15.2 Å². The van der Waals surface area contributed by atoms with Gasteiger partial charge in [0, 0.05) is 79.8 Å². The number of anilines is 1. The predicted octanol–water partition coefficient (Wildman–Crippen LogP) is 6.12. The fourth-order valence-electron chi connectivity index (χ4n) is 9.41. The number of carbonyl (C=O) groups excluding carboxylic acids is 2. The monoisotopic (exact) mass is 976 g/mol. The van der Waals surface area contributed by atoms with Crippen LogP contribution in [0.25, 0.3) is 0 Å². The molecule has 66 heavy (non-hydrogen) atoms. The fraction of sp³-hybridized carbons (Fsp3) is 0.565.